The highest BCUT2D eigenvalue weighted by molar-refractivity contribution is 6.36. The highest BCUT2D eigenvalue weighted by Gasteiger charge is 2.09. The first kappa shape index (κ1) is 7.76. The van der Waals surface area contributed by atoms with E-state index < -0.39 is 5.95 Å². The van der Waals surface area contributed by atoms with Gasteiger partial charge in [-0.15, -0.1) is 0 Å². The van der Waals surface area contributed by atoms with Gasteiger partial charge in [0.2, 0.25) is 5.95 Å². The lowest BCUT2D eigenvalue weighted by atomic mass is 10.5. The van der Waals surface area contributed by atoms with Crippen molar-refractivity contribution in [3.8, 4) is 0 Å². The first-order valence-electron chi connectivity index (χ1n) is 3.03. The van der Waals surface area contributed by atoms with Gasteiger partial charge in [0.05, 0.1) is 5.02 Å². The Morgan fingerprint density at radius 2 is 2.17 bits per heavy atom. The Balaban J connectivity index is 2.93. The number of imidazole rings is 1. The molecule has 0 radical (unpaired) electrons. The average molecular weight is 206 g/mol. The standard InChI is InChI=1S/C6H2Cl2FN3/c7-3-1-4(8)11-12-2-10-6(9)5(3)12/h1-2H. The van der Waals surface area contributed by atoms with E-state index in [2.05, 4.69) is 10.1 Å². The molecule has 62 valence electrons. The van der Waals surface area contributed by atoms with E-state index >= 15 is 0 Å². The van der Waals surface area contributed by atoms with Crippen LogP contribution in [-0.2, 0) is 0 Å². The molecule has 0 amide bonds. The maximum absolute atomic E-state index is 12.8. The molecule has 0 atom stereocenters. The van der Waals surface area contributed by atoms with E-state index in [4.69, 9.17) is 23.2 Å². The molecule has 12 heavy (non-hydrogen) atoms. The highest BCUT2D eigenvalue weighted by Crippen LogP contribution is 2.21. The number of halogens is 3. The molecule has 0 aliphatic carbocycles. The molecule has 2 aromatic heterocycles. The van der Waals surface area contributed by atoms with Crippen LogP contribution in [0.3, 0.4) is 0 Å². The third-order valence-electron chi connectivity index (χ3n) is 1.38. The molecule has 0 fully saturated rings. The van der Waals surface area contributed by atoms with Crippen molar-refractivity contribution < 1.29 is 4.39 Å². The fourth-order valence-electron chi connectivity index (χ4n) is 0.907. The lowest BCUT2D eigenvalue weighted by Crippen LogP contribution is -1.90. The smallest absolute Gasteiger partial charge is 0.215 e. The van der Waals surface area contributed by atoms with Crippen LogP contribution in [0.15, 0.2) is 12.4 Å². The number of nitrogens with zero attached hydrogens (tertiary/aromatic N) is 3. The summed E-state index contributed by atoms with van der Waals surface area (Å²) in [6.45, 7) is 0. The molecule has 0 aliphatic heterocycles. The van der Waals surface area contributed by atoms with Crippen LogP contribution in [0.25, 0.3) is 5.52 Å². The molecule has 2 aromatic rings. The molecule has 0 bridgehead atoms. The van der Waals surface area contributed by atoms with Crippen molar-refractivity contribution in [3.63, 3.8) is 0 Å². The quantitative estimate of drug-likeness (QED) is 0.661. The predicted molar refractivity (Wildman–Crippen MR) is 43.0 cm³/mol. The van der Waals surface area contributed by atoms with Gasteiger partial charge >= 0.3 is 0 Å². The van der Waals surface area contributed by atoms with Crippen LogP contribution >= 0.6 is 23.2 Å². The molecule has 2 rings (SSSR count). The van der Waals surface area contributed by atoms with Crippen molar-refractivity contribution >= 4 is 28.7 Å². The molecule has 0 aromatic carbocycles. The Hall–Kier alpha value is -0.870. The molecule has 0 N–H and O–H groups in total. The first-order chi connectivity index (χ1) is 5.68. The number of hydrogen-bond donors (Lipinski definition) is 0. The topological polar surface area (TPSA) is 30.2 Å². The first-order valence-corrected chi connectivity index (χ1v) is 3.79. The minimum atomic E-state index is -0.649. The predicted octanol–water partition coefficient (Wildman–Crippen LogP) is 2.18. The maximum Gasteiger partial charge on any atom is 0.241 e. The van der Waals surface area contributed by atoms with Gasteiger partial charge in [0.15, 0.2) is 5.15 Å². The minimum Gasteiger partial charge on any atom is -0.215 e. The van der Waals surface area contributed by atoms with Gasteiger partial charge in [0.25, 0.3) is 0 Å². The third-order valence-corrected chi connectivity index (χ3v) is 1.85. The molecule has 2 heterocycles. The zero-order valence-electron chi connectivity index (χ0n) is 5.63. The SMILES string of the molecule is Fc1ncn2nc(Cl)cc(Cl)c12. The average Bonchev–Trinajstić information content (AvgIpc) is 2.31. The van der Waals surface area contributed by atoms with Gasteiger partial charge in [-0.25, -0.2) is 9.50 Å². The van der Waals surface area contributed by atoms with Gasteiger partial charge in [0.1, 0.15) is 11.8 Å². The van der Waals surface area contributed by atoms with Crippen molar-refractivity contribution in [2.75, 3.05) is 0 Å². The fourth-order valence-corrected chi connectivity index (χ4v) is 1.42. The Bertz CT molecular complexity index is 440. The Kier molecular flexibility index (Phi) is 1.66. The summed E-state index contributed by atoms with van der Waals surface area (Å²) >= 11 is 11.3. The lowest BCUT2D eigenvalue weighted by molar-refractivity contribution is 0.601. The van der Waals surface area contributed by atoms with E-state index in [0.717, 1.165) is 0 Å². The Morgan fingerprint density at radius 3 is 2.92 bits per heavy atom. The molecule has 6 heteroatoms. The van der Waals surface area contributed by atoms with Gasteiger partial charge in [-0.2, -0.15) is 9.49 Å². The molecule has 0 saturated heterocycles. The van der Waals surface area contributed by atoms with Crippen LogP contribution in [0.2, 0.25) is 10.2 Å². The van der Waals surface area contributed by atoms with Crippen molar-refractivity contribution in [1.82, 2.24) is 14.6 Å². The van der Waals surface area contributed by atoms with Crippen molar-refractivity contribution in [3.05, 3.63) is 28.5 Å². The highest BCUT2D eigenvalue weighted by atomic mass is 35.5. The third kappa shape index (κ3) is 1.04. The molecule has 0 saturated carbocycles. The second kappa shape index (κ2) is 2.57. The Morgan fingerprint density at radius 1 is 1.42 bits per heavy atom. The van der Waals surface area contributed by atoms with Gasteiger partial charge in [-0.3, -0.25) is 0 Å². The van der Waals surface area contributed by atoms with Gasteiger partial charge in [0, 0.05) is 0 Å². The van der Waals surface area contributed by atoms with E-state index in [1.165, 1.54) is 16.9 Å². The number of rotatable bonds is 0. The summed E-state index contributed by atoms with van der Waals surface area (Å²) in [5, 5.41) is 4.15. The molecule has 0 unspecified atom stereocenters. The Labute approximate surface area is 76.7 Å². The summed E-state index contributed by atoms with van der Waals surface area (Å²) in [6.07, 6.45) is 1.21. The van der Waals surface area contributed by atoms with Crippen LogP contribution in [0.5, 0.6) is 0 Å². The summed E-state index contributed by atoms with van der Waals surface area (Å²) in [5.41, 5.74) is 0.140. The van der Waals surface area contributed by atoms with E-state index in [9.17, 15) is 4.39 Å². The zero-order chi connectivity index (χ0) is 8.72. The van der Waals surface area contributed by atoms with E-state index in [1.807, 2.05) is 0 Å². The summed E-state index contributed by atoms with van der Waals surface area (Å²) < 4.78 is 14.0. The second-order valence-corrected chi connectivity index (χ2v) is 2.94. The summed E-state index contributed by atoms with van der Waals surface area (Å²) in [7, 11) is 0. The molecular weight excluding hydrogens is 204 g/mol. The van der Waals surface area contributed by atoms with Gasteiger partial charge < -0.3 is 0 Å². The fraction of sp³-hybridized carbons (Fsp3) is 0. The summed E-state index contributed by atoms with van der Waals surface area (Å²) in [4.78, 5) is 3.39. The van der Waals surface area contributed by atoms with Crippen molar-refractivity contribution in [2.45, 2.75) is 0 Å². The minimum absolute atomic E-state index is 0.140. The molecule has 3 nitrogen and oxygen atoms in total. The van der Waals surface area contributed by atoms with Crippen LogP contribution in [-0.4, -0.2) is 14.6 Å². The normalized spacial score (nSPS) is 10.9. The summed E-state index contributed by atoms with van der Waals surface area (Å²) in [5.74, 6) is -0.649. The molecule has 0 aliphatic rings. The van der Waals surface area contributed by atoms with Gasteiger partial charge in [-0.05, 0) is 6.07 Å². The van der Waals surface area contributed by atoms with Crippen molar-refractivity contribution in [2.24, 2.45) is 0 Å². The largest absolute Gasteiger partial charge is 0.241 e. The van der Waals surface area contributed by atoms with Crippen LogP contribution < -0.4 is 0 Å². The number of aromatic nitrogens is 3. The van der Waals surface area contributed by atoms with Gasteiger partial charge in [-0.1, -0.05) is 23.2 Å². The van der Waals surface area contributed by atoms with Crippen LogP contribution in [0.1, 0.15) is 0 Å². The second-order valence-electron chi connectivity index (χ2n) is 2.14. The van der Waals surface area contributed by atoms with Crippen molar-refractivity contribution in [1.29, 1.82) is 0 Å². The van der Waals surface area contributed by atoms with E-state index in [-0.39, 0.29) is 15.7 Å². The number of fused-ring (bicyclic) bond motifs is 1. The monoisotopic (exact) mass is 205 g/mol. The maximum atomic E-state index is 12.8. The summed E-state index contributed by atoms with van der Waals surface area (Å²) in [6, 6.07) is 1.36. The van der Waals surface area contributed by atoms with Crippen LogP contribution in [0.4, 0.5) is 4.39 Å². The number of hydrogen-bond acceptors (Lipinski definition) is 2. The molecule has 0 spiro atoms. The molecular formula is C6H2Cl2FN3. The van der Waals surface area contributed by atoms with E-state index in [1.54, 1.807) is 0 Å². The van der Waals surface area contributed by atoms with E-state index in [0.29, 0.717) is 0 Å². The lowest BCUT2D eigenvalue weighted by Gasteiger charge is -1.95. The zero-order valence-corrected chi connectivity index (χ0v) is 7.14. The van der Waals surface area contributed by atoms with Crippen LogP contribution in [0, 0.1) is 5.95 Å².